The van der Waals surface area contributed by atoms with Gasteiger partial charge in [0.25, 0.3) is 5.88 Å². The van der Waals surface area contributed by atoms with Crippen LogP contribution in [0.2, 0.25) is 5.02 Å². The van der Waals surface area contributed by atoms with Crippen molar-refractivity contribution in [1.29, 1.82) is 0 Å². The molecule has 0 radical (unpaired) electrons. The molecule has 0 aliphatic heterocycles. The summed E-state index contributed by atoms with van der Waals surface area (Å²) in [5, 5.41) is 6.78. The summed E-state index contributed by atoms with van der Waals surface area (Å²) in [5.41, 5.74) is 0.698. The summed E-state index contributed by atoms with van der Waals surface area (Å²) in [6.07, 6.45) is 2.83. The number of fused-ring (bicyclic) bond motifs is 1. The maximum absolute atomic E-state index is 13.9. The highest BCUT2D eigenvalue weighted by atomic mass is 35.5. The summed E-state index contributed by atoms with van der Waals surface area (Å²) < 4.78 is 21.9. The van der Waals surface area contributed by atoms with Gasteiger partial charge in [0.1, 0.15) is 18.1 Å². The number of nitrogens with one attached hydrogen (secondary N) is 1. The molecule has 10 heteroatoms. The van der Waals surface area contributed by atoms with E-state index < -0.39 is 24.0 Å². The number of hydrogen-bond acceptors (Lipinski definition) is 5. The van der Waals surface area contributed by atoms with Gasteiger partial charge in [-0.3, -0.25) is 4.79 Å². The van der Waals surface area contributed by atoms with E-state index in [-0.39, 0.29) is 22.2 Å². The molecule has 0 spiro atoms. The Bertz CT molecular complexity index is 1350. The van der Waals surface area contributed by atoms with Crippen LogP contribution in [-0.2, 0) is 11.3 Å². The summed E-state index contributed by atoms with van der Waals surface area (Å²) in [7, 11) is 0. The highest BCUT2D eigenvalue weighted by Crippen LogP contribution is 2.24. The van der Waals surface area contributed by atoms with E-state index in [0.29, 0.717) is 11.7 Å². The molecule has 164 valence electrons. The Morgan fingerprint density at radius 2 is 1.97 bits per heavy atom. The van der Waals surface area contributed by atoms with E-state index in [1.807, 2.05) is 24.3 Å². The van der Waals surface area contributed by atoms with Crippen LogP contribution in [0.25, 0.3) is 5.65 Å². The monoisotopic (exact) mass is 455 g/mol. The fraction of sp³-hybridized carbons (Fsp3) is 0.182. The summed E-state index contributed by atoms with van der Waals surface area (Å²) >= 11 is 5.71. The smallest absolute Gasteiger partial charge is 0.351 e. The molecule has 0 aliphatic carbocycles. The molecule has 4 rings (SSSR count). The Hall–Kier alpha value is -3.72. The van der Waals surface area contributed by atoms with Crippen LogP contribution < -0.4 is 15.7 Å². The minimum absolute atomic E-state index is 0.0493. The van der Waals surface area contributed by atoms with Gasteiger partial charge in [-0.2, -0.15) is 0 Å². The van der Waals surface area contributed by atoms with Gasteiger partial charge in [-0.1, -0.05) is 37.6 Å². The first kappa shape index (κ1) is 21.5. The third-order valence-corrected chi connectivity index (χ3v) is 4.96. The number of rotatable bonds is 6. The Morgan fingerprint density at radius 3 is 2.66 bits per heavy atom. The van der Waals surface area contributed by atoms with Gasteiger partial charge in [0, 0.05) is 17.4 Å². The molecule has 2 heterocycles. The predicted molar refractivity (Wildman–Crippen MR) is 118 cm³/mol. The van der Waals surface area contributed by atoms with Gasteiger partial charge in [0.05, 0.1) is 5.69 Å². The third kappa shape index (κ3) is 4.47. The first-order valence-electron chi connectivity index (χ1n) is 9.78. The van der Waals surface area contributed by atoms with Gasteiger partial charge in [-0.15, -0.1) is 5.10 Å². The summed E-state index contributed by atoms with van der Waals surface area (Å²) in [6.45, 7) is 3.76. The SMILES string of the molecule is CC(C)c1ccc(Oc2nccn3c(=O)n(CC(=O)Nc4ccc(Cl)cc4F)nc23)cc1. The minimum Gasteiger partial charge on any atom is -0.436 e. The standard InChI is InChI=1S/C22H19ClFN5O3/c1-13(2)14-3-6-16(7-4-14)32-21-20-27-29(22(31)28(20)10-9-25-21)12-19(30)26-18-8-5-15(23)11-17(18)24/h3-11,13H,12H2,1-2H3,(H,26,30). The van der Waals surface area contributed by atoms with Crippen LogP contribution in [0.3, 0.4) is 0 Å². The van der Waals surface area contributed by atoms with Gasteiger partial charge in [0.15, 0.2) is 0 Å². The lowest BCUT2D eigenvalue weighted by Crippen LogP contribution is -2.28. The molecule has 0 atom stereocenters. The maximum atomic E-state index is 13.9. The Kier molecular flexibility index (Phi) is 5.91. The van der Waals surface area contributed by atoms with Crippen LogP contribution in [-0.4, -0.2) is 25.1 Å². The first-order chi connectivity index (χ1) is 15.3. The Labute approximate surface area is 187 Å². The fourth-order valence-electron chi connectivity index (χ4n) is 3.05. The average molecular weight is 456 g/mol. The van der Waals surface area contributed by atoms with E-state index in [4.69, 9.17) is 16.3 Å². The molecule has 1 amide bonds. The van der Waals surface area contributed by atoms with E-state index in [2.05, 4.69) is 29.2 Å². The molecule has 0 unspecified atom stereocenters. The van der Waals surface area contributed by atoms with Crippen molar-refractivity contribution in [3.05, 3.63) is 81.7 Å². The van der Waals surface area contributed by atoms with Gasteiger partial charge in [-0.05, 0) is 41.8 Å². The zero-order valence-corrected chi connectivity index (χ0v) is 18.0. The molecule has 2 aromatic carbocycles. The van der Waals surface area contributed by atoms with Gasteiger partial charge >= 0.3 is 5.69 Å². The quantitative estimate of drug-likeness (QED) is 0.469. The molecule has 0 saturated carbocycles. The number of benzene rings is 2. The van der Waals surface area contributed by atoms with Crippen molar-refractivity contribution < 1.29 is 13.9 Å². The molecule has 2 aromatic heterocycles. The average Bonchev–Trinajstić information content (AvgIpc) is 3.07. The van der Waals surface area contributed by atoms with Crippen molar-refractivity contribution in [3.63, 3.8) is 0 Å². The molecule has 32 heavy (non-hydrogen) atoms. The number of anilines is 1. The molecule has 0 saturated heterocycles. The van der Waals surface area contributed by atoms with Crippen LogP contribution in [0.4, 0.5) is 10.1 Å². The number of nitrogens with zero attached hydrogens (tertiary/aromatic N) is 4. The van der Waals surface area contributed by atoms with E-state index in [1.54, 1.807) is 0 Å². The second-order valence-corrected chi connectivity index (χ2v) is 7.80. The van der Waals surface area contributed by atoms with Crippen molar-refractivity contribution in [1.82, 2.24) is 19.2 Å². The number of ether oxygens (including phenoxy) is 1. The lowest BCUT2D eigenvalue weighted by atomic mass is 10.0. The summed E-state index contributed by atoms with van der Waals surface area (Å²) in [5.74, 6) is -0.280. The normalized spacial score (nSPS) is 11.2. The van der Waals surface area contributed by atoms with Crippen molar-refractivity contribution in [2.75, 3.05) is 5.32 Å². The van der Waals surface area contributed by atoms with Crippen LogP contribution in [0, 0.1) is 5.82 Å². The van der Waals surface area contributed by atoms with Gasteiger partial charge < -0.3 is 10.1 Å². The summed E-state index contributed by atoms with van der Waals surface area (Å²) in [4.78, 5) is 29.2. The molecular weight excluding hydrogens is 437 g/mol. The zero-order chi connectivity index (χ0) is 22.8. The molecule has 8 nitrogen and oxygen atoms in total. The third-order valence-electron chi connectivity index (χ3n) is 4.73. The van der Waals surface area contributed by atoms with Crippen molar-refractivity contribution >= 4 is 28.8 Å². The lowest BCUT2D eigenvalue weighted by molar-refractivity contribution is -0.117. The first-order valence-corrected chi connectivity index (χ1v) is 10.2. The van der Waals surface area contributed by atoms with Crippen LogP contribution >= 0.6 is 11.6 Å². The lowest BCUT2D eigenvalue weighted by Gasteiger charge is -2.08. The number of amides is 1. The highest BCUT2D eigenvalue weighted by molar-refractivity contribution is 6.30. The number of carbonyl (C=O) groups is 1. The van der Waals surface area contributed by atoms with Crippen LogP contribution in [0.5, 0.6) is 11.6 Å². The number of hydrogen-bond donors (Lipinski definition) is 1. The highest BCUT2D eigenvalue weighted by Gasteiger charge is 2.16. The molecule has 4 aromatic rings. The Morgan fingerprint density at radius 1 is 1.22 bits per heavy atom. The van der Waals surface area contributed by atoms with Crippen molar-refractivity contribution in [3.8, 4) is 11.6 Å². The maximum Gasteiger partial charge on any atom is 0.351 e. The van der Waals surface area contributed by atoms with Crippen molar-refractivity contribution in [2.45, 2.75) is 26.3 Å². The van der Waals surface area contributed by atoms with Gasteiger partial charge in [0.2, 0.25) is 11.6 Å². The predicted octanol–water partition coefficient (Wildman–Crippen LogP) is 4.24. The van der Waals surface area contributed by atoms with E-state index >= 15 is 0 Å². The van der Waals surface area contributed by atoms with Crippen LogP contribution in [0.15, 0.2) is 59.7 Å². The molecular formula is C22H19ClFN5O3. The van der Waals surface area contributed by atoms with E-state index in [9.17, 15) is 14.0 Å². The largest absolute Gasteiger partial charge is 0.436 e. The van der Waals surface area contributed by atoms with E-state index in [1.165, 1.54) is 28.9 Å². The molecule has 0 bridgehead atoms. The number of aromatic nitrogens is 4. The minimum atomic E-state index is -0.684. The van der Waals surface area contributed by atoms with Gasteiger partial charge in [-0.25, -0.2) is 23.3 Å². The van der Waals surface area contributed by atoms with Crippen LogP contribution in [0.1, 0.15) is 25.3 Å². The topological polar surface area (TPSA) is 90.5 Å². The second-order valence-electron chi connectivity index (χ2n) is 7.36. The summed E-state index contributed by atoms with van der Waals surface area (Å²) in [6, 6.07) is 11.4. The number of carbonyl (C=O) groups excluding carboxylic acids is 1. The number of halogens is 2. The van der Waals surface area contributed by atoms with E-state index in [0.717, 1.165) is 16.3 Å². The molecule has 1 N–H and O–H groups in total. The molecule has 0 fully saturated rings. The van der Waals surface area contributed by atoms with Crippen molar-refractivity contribution in [2.24, 2.45) is 0 Å². The Balaban J connectivity index is 1.57. The fourth-order valence-corrected chi connectivity index (χ4v) is 3.21. The second kappa shape index (κ2) is 8.80. The zero-order valence-electron chi connectivity index (χ0n) is 17.3. The molecule has 0 aliphatic rings.